The van der Waals surface area contributed by atoms with Crippen molar-refractivity contribution in [3.05, 3.63) is 102 Å². The fourth-order valence-corrected chi connectivity index (χ4v) is 8.90. The van der Waals surface area contributed by atoms with Crippen LogP contribution in [0.5, 0.6) is 0 Å². The first-order chi connectivity index (χ1) is 22.3. The highest BCUT2D eigenvalue weighted by atomic mass is 19.2. The van der Waals surface area contributed by atoms with Crippen LogP contribution in [0.3, 0.4) is 0 Å². The third-order valence-corrected chi connectivity index (χ3v) is 11.3. The molecule has 0 saturated heterocycles. The van der Waals surface area contributed by atoms with Crippen LogP contribution >= 0.6 is 0 Å². The molecule has 2 aromatic heterocycles. The average Bonchev–Trinajstić information content (AvgIpc) is 3.67. The van der Waals surface area contributed by atoms with E-state index < -0.39 is 7.40 Å². The molecule has 250 valence electrons. The van der Waals surface area contributed by atoms with Crippen LogP contribution in [-0.2, 0) is 12.8 Å². The lowest BCUT2D eigenvalue weighted by atomic mass is 9.84. The van der Waals surface area contributed by atoms with Crippen LogP contribution in [0.1, 0.15) is 113 Å². The molecular weight excluding hydrogens is 585 g/mol. The maximum absolute atomic E-state index is 14.9. The Bertz CT molecular complexity index is 1910. The lowest BCUT2D eigenvalue weighted by Crippen LogP contribution is -2.77. The lowest BCUT2D eigenvalue weighted by molar-refractivity contribution is -0.480. The largest absolute Gasteiger partial charge is 0.677 e. The van der Waals surface area contributed by atoms with Crippen molar-refractivity contribution < 1.29 is 13.6 Å². The van der Waals surface area contributed by atoms with Gasteiger partial charge in [0.25, 0.3) is 0 Å². The second-order valence-electron chi connectivity index (χ2n) is 13.6. The summed E-state index contributed by atoms with van der Waals surface area (Å²) in [6.45, 7) is 25.8. The zero-order valence-electron chi connectivity index (χ0n) is 30.7. The molecule has 3 N–H and O–H groups in total. The number of H-pyrrole nitrogens is 1. The van der Waals surface area contributed by atoms with E-state index in [1.165, 1.54) is 43.7 Å². The summed E-state index contributed by atoms with van der Waals surface area (Å²) in [6.07, 6.45) is 3.61. The molecule has 0 aliphatic carbocycles. The predicted octanol–water partition coefficient (Wildman–Crippen LogP) is 6.29. The van der Waals surface area contributed by atoms with Crippen molar-refractivity contribution in [1.29, 1.82) is 0 Å². The highest BCUT2D eigenvalue weighted by Gasteiger charge is 2.39. The third kappa shape index (κ3) is 5.68. The summed E-state index contributed by atoms with van der Waals surface area (Å²) in [5.41, 5.74) is 16.4. The molecule has 47 heavy (non-hydrogen) atoms. The summed E-state index contributed by atoms with van der Waals surface area (Å²) < 4.78 is 31.1. The molecule has 4 nitrogen and oxygen atoms in total. The summed E-state index contributed by atoms with van der Waals surface area (Å²) >= 11 is 0. The van der Waals surface area contributed by atoms with E-state index in [1.807, 2.05) is 13.8 Å². The molecule has 1 aromatic carbocycles. The van der Waals surface area contributed by atoms with E-state index in [0.29, 0.717) is 23.7 Å². The molecule has 3 atom stereocenters. The van der Waals surface area contributed by atoms with Gasteiger partial charge >= 0.3 is 7.40 Å². The zero-order valence-corrected chi connectivity index (χ0v) is 30.7. The van der Waals surface area contributed by atoms with E-state index in [9.17, 15) is 8.63 Å². The minimum absolute atomic E-state index is 0.133. The van der Waals surface area contributed by atoms with Crippen LogP contribution in [0.25, 0.3) is 11.1 Å². The molecule has 0 spiro atoms. The van der Waals surface area contributed by atoms with Gasteiger partial charge in [0.1, 0.15) is 0 Å². The van der Waals surface area contributed by atoms with E-state index in [1.54, 1.807) is 0 Å². The number of nitrogens with one attached hydrogen (secondary N) is 3. The molecule has 0 amide bonds. The average molecular weight is 640 g/mol. The molecule has 0 saturated carbocycles. The van der Waals surface area contributed by atoms with Crippen molar-refractivity contribution in [1.82, 2.24) is 14.8 Å². The third-order valence-electron chi connectivity index (χ3n) is 11.3. The van der Waals surface area contributed by atoms with Gasteiger partial charge in [0.05, 0.1) is 17.3 Å². The van der Waals surface area contributed by atoms with Crippen LogP contribution in [-0.4, -0.2) is 34.7 Å². The standard InChI is InChI=1S/C40H53BF2N4/c1-13-31-21(5)37(44-25(31)9)35(38-22(6)32(14-2)26(10)45-38)29-17-19-30(20-18-29)36(39-23(7)33(15-3)27(11)46-39)40-24(8)34(16-4)28(12)47(40)41(42)43/h17-21,26,37,44,46H,13-16H2,1-12H3/p+1. The predicted molar refractivity (Wildman–Crippen MR) is 195 cm³/mol. The first-order valence-electron chi connectivity index (χ1n) is 17.6. The number of halogens is 2. The van der Waals surface area contributed by atoms with Crippen molar-refractivity contribution in [2.45, 2.75) is 121 Å². The van der Waals surface area contributed by atoms with Gasteiger partial charge in [-0.05, 0) is 105 Å². The van der Waals surface area contributed by atoms with Crippen molar-refractivity contribution in [2.24, 2.45) is 5.92 Å². The number of hydrogen-bond donors (Lipinski definition) is 3. The van der Waals surface area contributed by atoms with E-state index in [-0.39, 0.29) is 12.1 Å². The van der Waals surface area contributed by atoms with Crippen LogP contribution in [0.15, 0.2) is 46.7 Å². The van der Waals surface area contributed by atoms with Crippen LogP contribution in [0, 0.1) is 33.6 Å². The number of hydrogen-bond acceptors (Lipinski definition) is 1. The first kappa shape index (κ1) is 34.7. The minimum atomic E-state index is -2.65. The molecule has 7 heteroatoms. The fraction of sp³-hybridized carbons (Fsp3) is 0.475. The zero-order chi connectivity index (χ0) is 34.5. The second kappa shape index (κ2) is 13.5. The Morgan fingerprint density at radius 1 is 0.809 bits per heavy atom. The van der Waals surface area contributed by atoms with E-state index in [0.717, 1.165) is 63.4 Å². The molecule has 0 bridgehead atoms. The highest BCUT2D eigenvalue weighted by molar-refractivity contribution is 6.41. The monoisotopic (exact) mass is 639 g/mol. The van der Waals surface area contributed by atoms with Crippen molar-refractivity contribution in [3.8, 4) is 0 Å². The number of aromatic amines is 1. The van der Waals surface area contributed by atoms with E-state index in [2.05, 4.69) is 109 Å². The summed E-state index contributed by atoms with van der Waals surface area (Å²) in [5.74, 6) is 0.351. The normalized spacial score (nSPS) is 19.5. The van der Waals surface area contributed by atoms with Gasteiger partial charge in [-0.3, -0.25) is 8.63 Å². The smallest absolute Gasteiger partial charge is 0.381 e. The summed E-state index contributed by atoms with van der Waals surface area (Å²) in [4.78, 5) is 7.49. The number of aryl methyl sites for hydroxylation is 1. The van der Waals surface area contributed by atoms with Gasteiger partial charge in [-0.1, -0.05) is 58.9 Å². The molecule has 3 unspecified atom stereocenters. The lowest BCUT2D eigenvalue weighted by Gasteiger charge is -2.21. The molecule has 2 aliphatic rings. The molecule has 5 rings (SSSR count). The Balaban J connectivity index is 1.87. The summed E-state index contributed by atoms with van der Waals surface area (Å²) in [5, 5.41) is 5.94. The van der Waals surface area contributed by atoms with Gasteiger partial charge in [-0.15, -0.1) is 0 Å². The number of allylic oxidation sites excluding steroid dienone is 2. The van der Waals surface area contributed by atoms with Gasteiger partial charge in [0.15, 0.2) is 6.04 Å². The van der Waals surface area contributed by atoms with Gasteiger partial charge < -0.3 is 14.8 Å². The van der Waals surface area contributed by atoms with Gasteiger partial charge in [-0.2, -0.15) is 0 Å². The van der Waals surface area contributed by atoms with Gasteiger partial charge in [0, 0.05) is 52.3 Å². The molecule has 4 heterocycles. The Kier molecular flexibility index (Phi) is 9.96. The van der Waals surface area contributed by atoms with Crippen molar-refractivity contribution >= 4 is 24.3 Å². The molecule has 2 aliphatic heterocycles. The fourth-order valence-electron chi connectivity index (χ4n) is 8.90. The van der Waals surface area contributed by atoms with E-state index >= 15 is 0 Å². The van der Waals surface area contributed by atoms with Crippen molar-refractivity contribution in [2.75, 3.05) is 0 Å². The van der Waals surface area contributed by atoms with Crippen LogP contribution in [0.2, 0.25) is 0 Å². The van der Waals surface area contributed by atoms with Crippen LogP contribution < -0.4 is 20.7 Å². The molecule has 3 aromatic rings. The number of benzene rings is 1. The van der Waals surface area contributed by atoms with E-state index in [4.69, 9.17) is 0 Å². The number of aromatic nitrogens is 2. The van der Waals surface area contributed by atoms with Crippen LogP contribution in [0.4, 0.5) is 8.63 Å². The SMILES string of the molecule is CCC1=C(C)C(C(=c2ccc(=C(c3[nH]c(C)c(CC)c3C)c3c(C)c(CC)c(C)n3B(F)F)cc2)C2NC(C)=C(CC)C2C)=[NH+]C1C. The molecular formula is C40H54BF2N4+. The Morgan fingerprint density at radius 3 is 1.89 bits per heavy atom. The number of rotatable bonds is 9. The quantitative estimate of drug-likeness (QED) is 0.237. The number of nitrogens with zero attached hydrogens (tertiary/aromatic N) is 1. The minimum Gasteiger partial charge on any atom is -0.381 e. The maximum Gasteiger partial charge on any atom is 0.677 e. The molecule has 0 fully saturated rings. The van der Waals surface area contributed by atoms with Gasteiger partial charge in [-0.25, -0.2) is 4.99 Å². The summed E-state index contributed by atoms with van der Waals surface area (Å²) in [7, 11) is -2.65. The van der Waals surface area contributed by atoms with Gasteiger partial charge in [0.2, 0.25) is 5.71 Å². The Labute approximate surface area is 281 Å². The Morgan fingerprint density at radius 2 is 1.40 bits per heavy atom. The molecule has 0 radical (unpaired) electrons. The summed E-state index contributed by atoms with van der Waals surface area (Å²) in [6, 6.07) is 9.13. The second-order valence-corrected chi connectivity index (χ2v) is 13.6. The first-order valence-corrected chi connectivity index (χ1v) is 17.6. The van der Waals surface area contributed by atoms with Crippen molar-refractivity contribution in [3.63, 3.8) is 0 Å². The topological polar surface area (TPSA) is 46.7 Å². The highest BCUT2D eigenvalue weighted by Crippen LogP contribution is 2.35. The Hall–Kier alpha value is -3.61. The maximum atomic E-state index is 14.9.